The Bertz CT molecular complexity index is 1190. The molecule has 9 nitrogen and oxygen atoms in total. The van der Waals surface area contributed by atoms with Gasteiger partial charge in [-0.15, -0.1) is 0 Å². The summed E-state index contributed by atoms with van der Waals surface area (Å²) < 4.78 is 18.0. The Morgan fingerprint density at radius 3 is 2.62 bits per heavy atom. The SMILES string of the molecule is CNC(=O)c1c(C(O)C(=O)NCCOC)c2ncc(Cc3ccc(F)cc3)cc2[nH]c1=O. The number of aliphatic hydroxyl groups excluding tert-OH is 1. The average Bonchev–Trinajstić information content (AvgIpc) is 2.78. The maximum absolute atomic E-state index is 13.1. The van der Waals surface area contributed by atoms with E-state index in [4.69, 9.17) is 4.74 Å². The molecule has 0 bridgehead atoms. The quantitative estimate of drug-likeness (QED) is 0.382. The number of aliphatic hydroxyl groups is 1. The highest BCUT2D eigenvalue weighted by atomic mass is 19.1. The largest absolute Gasteiger partial charge is 0.383 e. The van der Waals surface area contributed by atoms with Crippen LogP contribution in [0.2, 0.25) is 0 Å². The summed E-state index contributed by atoms with van der Waals surface area (Å²) in [5.74, 6) is -1.90. The van der Waals surface area contributed by atoms with E-state index in [-0.39, 0.29) is 35.6 Å². The number of halogens is 1. The molecule has 0 aliphatic heterocycles. The molecule has 3 aromatic rings. The predicted molar refractivity (Wildman–Crippen MR) is 115 cm³/mol. The summed E-state index contributed by atoms with van der Waals surface area (Å²) in [6.45, 7) is 0.361. The zero-order chi connectivity index (χ0) is 23.3. The standard InChI is InChI=1S/C22H23FN4O5/c1-24-20(29)17-16(19(28)22(31)25-7-8-32-2)18-15(27-21(17)30)10-13(11-26-18)9-12-3-5-14(23)6-4-12/h3-6,10-11,19,28H,7-9H2,1-2H3,(H,24,29)(H,25,31)(H,27,30). The van der Waals surface area contributed by atoms with E-state index in [9.17, 15) is 23.9 Å². The lowest BCUT2D eigenvalue weighted by atomic mass is 9.99. The fourth-order valence-electron chi connectivity index (χ4n) is 3.30. The molecule has 4 N–H and O–H groups in total. The summed E-state index contributed by atoms with van der Waals surface area (Å²) >= 11 is 0. The number of benzene rings is 1. The van der Waals surface area contributed by atoms with E-state index in [2.05, 4.69) is 20.6 Å². The van der Waals surface area contributed by atoms with Gasteiger partial charge in [0.15, 0.2) is 6.10 Å². The first-order valence-electron chi connectivity index (χ1n) is 9.81. The molecule has 10 heteroatoms. The molecule has 1 unspecified atom stereocenters. The van der Waals surface area contributed by atoms with Crippen molar-refractivity contribution in [3.63, 3.8) is 0 Å². The van der Waals surface area contributed by atoms with Crippen molar-refractivity contribution in [1.82, 2.24) is 20.6 Å². The lowest BCUT2D eigenvalue weighted by Crippen LogP contribution is -2.36. The molecule has 1 aromatic carbocycles. The van der Waals surface area contributed by atoms with Crippen LogP contribution < -0.4 is 16.2 Å². The summed E-state index contributed by atoms with van der Waals surface area (Å²) in [5, 5.41) is 15.5. The number of aromatic nitrogens is 2. The van der Waals surface area contributed by atoms with Crippen molar-refractivity contribution >= 4 is 22.8 Å². The second-order valence-electron chi connectivity index (χ2n) is 7.05. The van der Waals surface area contributed by atoms with E-state index in [0.29, 0.717) is 12.0 Å². The molecule has 0 fully saturated rings. The molecule has 168 valence electrons. The number of carbonyl (C=O) groups excluding carboxylic acids is 2. The molecule has 0 saturated heterocycles. The number of nitrogens with zero attached hydrogens (tertiary/aromatic N) is 1. The molecule has 0 radical (unpaired) electrons. The van der Waals surface area contributed by atoms with Crippen LogP contribution in [0.5, 0.6) is 0 Å². The van der Waals surface area contributed by atoms with Gasteiger partial charge in [0.05, 0.1) is 17.6 Å². The van der Waals surface area contributed by atoms with Gasteiger partial charge in [-0.2, -0.15) is 0 Å². The normalized spacial score (nSPS) is 11.9. The van der Waals surface area contributed by atoms with E-state index in [0.717, 1.165) is 5.56 Å². The maximum atomic E-state index is 13.1. The fraction of sp³-hybridized carbons (Fsp3) is 0.273. The number of rotatable bonds is 8. The van der Waals surface area contributed by atoms with Crippen molar-refractivity contribution < 1.29 is 23.8 Å². The molecule has 2 aromatic heterocycles. The molecular formula is C22H23FN4O5. The van der Waals surface area contributed by atoms with Crippen LogP contribution in [-0.4, -0.2) is 54.2 Å². The van der Waals surface area contributed by atoms with Crippen LogP contribution in [0.15, 0.2) is 41.3 Å². The highest BCUT2D eigenvalue weighted by molar-refractivity contribution is 6.01. The number of amides is 2. The summed E-state index contributed by atoms with van der Waals surface area (Å²) in [6, 6.07) is 7.60. The second-order valence-corrected chi connectivity index (χ2v) is 7.05. The van der Waals surface area contributed by atoms with Crippen molar-refractivity contribution in [3.05, 3.63) is 75.0 Å². The second kappa shape index (κ2) is 10.1. The molecule has 0 saturated carbocycles. The van der Waals surface area contributed by atoms with Crippen molar-refractivity contribution in [1.29, 1.82) is 0 Å². The van der Waals surface area contributed by atoms with Crippen LogP contribution in [0.4, 0.5) is 4.39 Å². The molecule has 1 atom stereocenters. The Hall–Kier alpha value is -3.63. The van der Waals surface area contributed by atoms with E-state index in [1.165, 1.54) is 32.5 Å². The topological polar surface area (TPSA) is 133 Å². The molecule has 0 aliphatic carbocycles. The first-order valence-corrected chi connectivity index (χ1v) is 9.81. The first-order chi connectivity index (χ1) is 15.3. The van der Waals surface area contributed by atoms with Gasteiger partial charge in [0.25, 0.3) is 17.4 Å². The van der Waals surface area contributed by atoms with E-state index < -0.39 is 29.0 Å². The van der Waals surface area contributed by atoms with Crippen molar-refractivity contribution in [3.8, 4) is 0 Å². The van der Waals surface area contributed by atoms with Crippen LogP contribution in [0.1, 0.15) is 33.2 Å². The number of hydrogen-bond acceptors (Lipinski definition) is 6. The minimum Gasteiger partial charge on any atom is -0.383 e. The van der Waals surface area contributed by atoms with Crippen LogP contribution in [-0.2, 0) is 16.0 Å². The van der Waals surface area contributed by atoms with Crippen molar-refractivity contribution in [2.45, 2.75) is 12.5 Å². The van der Waals surface area contributed by atoms with E-state index >= 15 is 0 Å². The number of H-pyrrole nitrogens is 1. The Balaban J connectivity index is 2.07. The molecule has 32 heavy (non-hydrogen) atoms. The Labute approximate surface area is 182 Å². The van der Waals surface area contributed by atoms with Gasteiger partial charge in [-0.25, -0.2) is 4.39 Å². The molecule has 3 rings (SSSR count). The average molecular weight is 442 g/mol. The Morgan fingerprint density at radius 2 is 1.97 bits per heavy atom. The number of methoxy groups -OCH3 is 1. The number of carbonyl (C=O) groups is 2. The number of fused-ring (bicyclic) bond motifs is 1. The van der Waals surface area contributed by atoms with Crippen LogP contribution in [0.3, 0.4) is 0 Å². The summed E-state index contributed by atoms with van der Waals surface area (Å²) in [4.78, 5) is 44.4. The van der Waals surface area contributed by atoms with Crippen molar-refractivity contribution in [2.24, 2.45) is 0 Å². The zero-order valence-corrected chi connectivity index (χ0v) is 17.6. The van der Waals surface area contributed by atoms with Gasteiger partial charge in [0.1, 0.15) is 11.4 Å². The van der Waals surface area contributed by atoms with Crippen LogP contribution in [0.25, 0.3) is 11.0 Å². The number of pyridine rings is 2. The smallest absolute Gasteiger partial charge is 0.261 e. The predicted octanol–water partition coefficient (Wildman–Crippen LogP) is 0.809. The van der Waals surface area contributed by atoms with Crippen LogP contribution >= 0.6 is 0 Å². The molecule has 0 spiro atoms. The molecule has 2 heterocycles. The van der Waals surface area contributed by atoms with E-state index in [1.54, 1.807) is 18.2 Å². The summed E-state index contributed by atoms with van der Waals surface area (Å²) in [6.07, 6.45) is 0.119. The third-order valence-electron chi connectivity index (χ3n) is 4.85. The zero-order valence-electron chi connectivity index (χ0n) is 17.6. The first kappa shape index (κ1) is 23.0. The highest BCUT2D eigenvalue weighted by Crippen LogP contribution is 2.25. The fourth-order valence-corrected chi connectivity index (χ4v) is 3.30. The lowest BCUT2D eigenvalue weighted by Gasteiger charge is -2.17. The van der Waals surface area contributed by atoms with Gasteiger partial charge < -0.3 is 25.5 Å². The third kappa shape index (κ3) is 4.98. The number of ether oxygens (including phenoxy) is 1. The molecular weight excluding hydrogens is 419 g/mol. The molecule has 2 amide bonds. The number of aromatic amines is 1. The lowest BCUT2D eigenvalue weighted by molar-refractivity contribution is -0.129. The van der Waals surface area contributed by atoms with Gasteiger partial charge in [0, 0.05) is 32.5 Å². The summed E-state index contributed by atoms with van der Waals surface area (Å²) in [7, 11) is 2.80. The minimum absolute atomic E-state index is 0.112. The Kier molecular flexibility index (Phi) is 7.29. The minimum atomic E-state index is -1.81. The van der Waals surface area contributed by atoms with Crippen molar-refractivity contribution in [2.75, 3.05) is 27.3 Å². The monoisotopic (exact) mass is 442 g/mol. The maximum Gasteiger partial charge on any atom is 0.261 e. The van der Waals surface area contributed by atoms with Gasteiger partial charge >= 0.3 is 0 Å². The molecule has 0 aliphatic rings. The van der Waals surface area contributed by atoms with Gasteiger partial charge in [-0.05, 0) is 35.7 Å². The Morgan fingerprint density at radius 1 is 1.25 bits per heavy atom. The number of hydrogen-bond donors (Lipinski definition) is 4. The van der Waals surface area contributed by atoms with Gasteiger partial charge in [0.2, 0.25) is 0 Å². The van der Waals surface area contributed by atoms with E-state index in [1.807, 2.05) is 0 Å². The third-order valence-corrected chi connectivity index (χ3v) is 4.85. The van der Waals surface area contributed by atoms with Gasteiger partial charge in [-0.3, -0.25) is 19.4 Å². The summed E-state index contributed by atoms with van der Waals surface area (Å²) in [5.41, 5.74) is 0.546. The van der Waals surface area contributed by atoms with Crippen LogP contribution in [0, 0.1) is 5.82 Å². The van der Waals surface area contributed by atoms with Gasteiger partial charge in [-0.1, -0.05) is 12.1 Å². The number of nitrogens with one attached hydrogen (secondary N) is 3. The highest BCUT2D eigenvalue weighted by Gasteiger charge is 2.29.